The fourth-order valence-corrected chi connectivity index (χ4v) is 3.76. The molecule has 0 bridgehead atoms. The normalized spacial score (nSPS) is 20.7. The largest absolute Gasteiger partial charge is 0.373 e. The molecule has 1 heterocycles. The minimum absolute atomic E-state index is 0.0829. The lowest BCUT2D eigenvalue weighted by Gasteiger charge is -2.28. The van der Waals surface area contributed by atoms with E-state index in [1.54, 1.807) is 0 Å². The maximum Gasteiger partial charge on any atom is 0.0826 e. The number of alkyl halides is 1. The highest BCUT2D eigenvalue weighted by molar-refractivity contribution is 6.23. The van der Waals surface area contributed by atoms with E-state index >= 15 is 0 Å². The number of epoxide rings is 1. The molecule has 3 atom stereocenters. The molecule has 1 aliphatic heterocycles. The van der Waals surface area contributed by atoms with E-state index in [0.717, 1.165) is 13.0 Å². The molecule has 2 heteroatoms. The quantitative estimate of drug-likeness (QED) is 0.109. The fraction of sp³-hybridized carbons (Fsp3) is 0.913. The van der Waals surface area contributed by atoms with Gasteiger partial charge in [0.15, 0.2) is 0 Å². The van der Waals surface area contributed by atoms with Crippen LogP contribution in [0.25, 0.3) is 0 Å². The predicted octanol–water partition coefficient (Wildman–Crippen LogP) is 8.06. The van der Waals surface area contributed by atoms with Crippen molar-refractivity contribution < 1.29 is 4.74 Å². The summed E-state index contributed by atoms with van der Waals surface area (Å²) in [5.41, 5.74) is 0. The molecule has 1 aliphatic rings. The van der Waals surface area contributed by atoms with Gasteiger partial charge in [-0.05, 0) is 51.4 Å². The lowest BCUT2D eigenvalue weighted by molar-refractivity contribution is 0.312. The van der Waals surface area contributed by atoms with E-state index < -0.39 is 0 Å². The Kier molecular flexibility index (Phi) is 13.0. The summed E-state index contributed by atoms with van der Waals surface area (Å²) >= 11 is 6.69. The van der Waals surface area contributed by atoms with Gasteiger partial charge in [0.25, 0.3) is 0 Å². The van der Waals surface area contributed by atoms with E-state index in [2.05, 4.69) is 32.9 Å². The summed E-state index contributed by atoms with van der Waals surface area (Å²) in [7, 11) is 0. The van der Waals surface area contributed by atoms with Crippen LogP contribution in [-0.2, 0) is 4.74 Å². The van der Waals surface area contributed by atoms with Crippen LogP contribution >= 0.6 is 11.6 Å². The van der Waals surface area contributed by atoms with E-state index in [4.69, 9.17) is 16.3 Å². The van der Waals surface area contributed by atoms with E-state index in [9.17, 15) is 0 Å². The Morgan fingerprint density at radius 3 is 2.04 bits per heavy atom. The van der Waals surface area contributed by atoms with Gasteiger partial charge in [-0.25, -0.2) is 0 Å². The Labute approximate surface area is 162 Å². The minimum Gasteiger partial charge on any atom is -0.373 e. The number of halogens is 1. The summed E-state index contributed by atoms with van der Waals surface area (Å²) in [6.45, 7) is 7.69. The topological polar surface area (TPSA) is 12.5 Å². The van der Waals surface area contributed by atoms with Crippen LogP contribution in [0.4, 0.5) is 0 Å². The van der Waals surface area contributed by atoms with E-state index in [0.29, 0.717) is 12.0 Å². The van der Waals surface area contributed by atoms with Crippen molar-refractivity contribution in [3.8, 4) is 0 Å². The maximum atomic E-state index is 6.69. The second-order valence-electron chi connectivity index (χ2n) is 8.36. The third kappa shape index (κ3) is 12.9. The van der Waals surface area contributed by atoms with E-state index in [1.807, 2.05) is 0 Å². The molecule has 0 radical (unpaired) electrons. The molecule has 0 spiro atoms. The summed E-state index contributed by atoms with van der Waals surface area (Å²) < 4.78 is 5.33. The SMILES string of the molecule is CCCCCCCC/C=C\CCCCCCC(C)C(C)(Cl)CC1CO1. The van der Waals surface area contributed by atoms with E-state index in [1.165, 1.54) is 83.5 Å². The van der Waals surface area contributed by atoms with Gasteiger partial charge in [-0.1, -0.05) is 77.4 Å². The molecule has 1 saturated heterocycles. The smallest absolute Gasteiger partial charge is 0.0826 e. The molecule has 1 rings (SSSR count). The Morgan fingerprint density at radius 1 is 0.960 bits per heavy atom. The minimum atomic E-state index is -0.0829. The highest BCUT2D eigenvalue weighted by Gasteiger charge is 2.36. The van der Waals surface area contributed by atoms with Gasteiger partial charge in [-0.3, -0.25) is 0 Å². The monoisotopic (exact) mass is 370 g/mol. The molecule has 1 nitrogen and oxygen atoms in total. The van der Waals surface area contributed by atoms with Gasteiger partial charge in [0.1, 0.15) is 0 Å². The Bertz CT molecular complexity index is 333. The van der Waals surface area contributed by atoms with Gasteiger partial charge < -0.3 is 4.74 Å². The van der Waals surface area contributed by atoms with E-state index in [-0.39, 0.29) is 4.87 Å². The molecule has 0 saturated carbocycles. The summed E-state index contributed by atoms with van der Waals surface area (Å²) in [6.07, 6.45) is 23.8. The van der Waals surface area contributed by atoms with Crippen LogP contribution in [0.5, 0.6) is 0 Å². The number of hydrogen-bond donors (Lipinski definition) is 0. The molecule has 0 amide bonds. The van der Waals surface area contributed by atoms with Crippen molar-refractivity contribution in [2.24, 2.45) is 5.92 Å². The highest BCUT2D eigenvalue weighted by atomic mass is 35.5. The first-order valence-electron chi connectivity index (χ1n) is 11.0. The van der Waals surface area contributed by atoms with Crippen LogP contribution < -0.4 is 0 Å². The van der Waals surface area contributed by atoms with Gasteiger partial charge in [0.05, 0.1) is 12.7 Å². The molecule has 0 N–H and O–H groups in total. The first-order chi connectivity index (χ1) is 12.1. The standard InChI is InChI=1S/C23H43ClO/c1-4-5-6-7-8-9-10-11-12-13-14-15-16-17-18-21(2)23(3,24)19-22-20-25-22/h11-12,21-22H,4-10,13-20H2,1-3H3/b12-11-. The number of rotatable bonds is 17. The van der Waals surface area contributed by atoms with Crippen LogP contribution in [0.15, 0.2) is 12.2 Å². The third-order valence-corrected chi connectivity index (χ3v) is 6.23. The average molecular weight is 371 g/mol. The van der Waals surface area contributed by atoms with Crippen molar-refractivity contribution in [2.75, 3.05) is 6.61 Å². The first-order valence-corrected chi connectivity index (χ1v) is 11.4. The number of unbranched alkanes of at least 4 members (excludes halogenated alkanes) is 10. The molecule has 0 aromatic rings. The van der Waals surface area contributed by atoms with Crippen LogP contribution in [0.3, 0.4) is 0 Å². The zero-order valence-electron chi connectivity index (χ0n) is 17.2. The molecule has 1 fully saturated rings. The van der Waals surface area contributed by atoms with Crippen molar-refractivity contribution in [1.82, 2.24) is 0 Å². The van der Waals surface area contributed by atoms with Crippen molar-refractivity contribution in [2.45, 2.75) is 122 Å². The molecule has 3 unspecified atom stereocenters. The highest BCUT2D eigenvalue weighted by Crippen LogP contribution is 2.36. The lowest BCUT2D eigenvalue weighted by atomic mass is 9.86. The van der Waals surface area contributed by atoms with Crippen LogP contribution in [-0.4, -0.2) is 17.6 Å². The molecular formula is C23H43ClO. The molecule has 0 aromatic heterocycles. The Morgan fingerprint density at radius 2 is 1.48 bits per heavy atom. The zero-order chi connectivity index (χ0) is 18.4. The van der Waals surface area contributed by atoms with Crippen LogP contribution in [0, 0.1) is 5.92 Å². The number of ether oxygens (including phenoxy) is 1. The molecule has 25 heavy (non-hydrogen) atoms. The average Bonchev–Trinajstić information content (AvgIpc) is 3.38. The zero-order valence-corrected chi connectivity index (χ0v) is 18.0. The van der Waals surface area contributed by atoms with Crippen LogP contribution in [0.2, 0.25) is 0 Å². The second-order valence-corrected chi connectivity index (χ2v) is 9.22. The summed E-state index contributed by atoms with van der Waals surface area (Å²) in [6, 6.07) is 0. The summed E-state index contributed by atoms with van der Waals surface area (Å²) in [5.74, 6) is 0.579. The number of hydrogen-bond acceptors (Lipinski definition) is 1. The summed E-state index contributed by atoms with van der Waals surface area (Å²) in [4.78, 5) is -0.0829. The fourth-order valence-electron chi connectivity index (χ4n) is 3.48. The number of allylic oxidation sites excluding steroid dienone is 2. The Balaban J connectivity index is 1.85. The first kappa shape index (κ1) is 23.0. The molecule has 0 aliphatic carbocycles. The molecular weight excluding hydrogens is 328 g/mol. The van der Waals surface area contributed by atoms with Gasteiger partial charge in [0.2, 0.25) is 0 Å². The molecule has 148 valence electrons. The van der Waals surface area contributed by atoms with Crippen molar-refractivity contribution in [1.29, 1.82) is 0 Å². The van der Waals surface area contributed by atoms with Crippen molar-refractivity contribution >= 4 is 11.6 Å². The van der Waals surface area contributed by atoms with Gasteiger partial charge in [-0.2, -0.15) is 0 Å². The van der Waals surface area contributed by atoms with Gasteiger partial charge >= 0.3 is 0 Å². The van der Waals surface area contributed by atoms with Crippen molar-refractivity contribution in [3.05, 3.63) is 12.2 Å². The lowest BCUT2D eigenvalue weighted by Crippen LogP contribution is -2.28. The summed E-state index contributed by atoms with van der Waals surface area (Å²) in [5, 5.41) is 0. The predicted molar refractivity (Wildman–Crippen MR) is 113 cm³/mol. The van der Waals surface area contributed by atoms with Crippen molar-refractivity contribution in [3.63, 3.8) is 0 Å². The molecule has 0 aromatic carbocycles. The second kappa shape index (κ2) is 14.1. The van der Waals surface area contributed by atoms with Gasteiger partial charge in [-0.15, -0.1) is 11.6 Å². The third-order valence-electron chi connectivity index (χ3n) is 5.71. The van der Waals surface area contributed by atoms with Gasteiger partial charge in [0, 0.05) is 4.87 Å². The Hall–Kier alpha value is -0.0100. The maximum absolute atomic E-state index is 6.69. The van der Waals surface area contributed by atoms with Crippen LogP contribution in [0.1, 0.15) is 111 Å².